The minimum absolute atomic E-state index is 0.0862. The number of benzene rings is 1. The van der Waals surface area contributed by atoms with Crippen LogP contribution in [0.25, 0.3) is 0 Å². The van der Waals surface area contributed by atoms with Crippen LogP contribution >= 0.6 is 0 Å². The highest BCUT2D eigenvalue weighted by Crippen LogP contribution is 2.23. The van der Waals surface area contributed by atoms with Crippen LogP contribution < -0.4 is 0 Å². The first kappa shape index (κ1) is 19.8. The minimum atomic E-state index is 0.0862. The maximum Gasteiger partial charge on any atom is 0.223 e. The molecule has 5 nitrogen and oxygen atoms in total. The number of aromatic nitrogens is 1. The highest BCUT2D eigenvalue weighted by Gasteiger charge is 2.22. The summed E-state index contributed by atoms with van der Waals surface area (Å²) in [5, 5.41) is 0. The Morgan fingerprint density at radius 2 is 1.59 bits per heavy atom. The number of nitrogens with zero attached hydrogens (tertiary/aromatic N) is 3. The van der Waals surface area contributed by atoms with Gasteiger partial charge in [-0.1, -0.05) is 12.1 Å². The van der Waals surface area contributed by atoms with Crippen molar-refractivity contribution in [3.05, 3.63) is 65.0 Å². The van der Waals surface area contributed by atoms with E-state index in [1.165, 1.54) is 29.5 Å². The van der Waals surface area contributed by atoms with E-state index < -0.39 is 0 Å². The Bertz CT molecular complexity index is 858. The van der Waals surface area contributed by atoms with Crippen molar-refractivity contribution in [1.29, 1.82) is 0 Å². The van der Waals surface area contributed by atoms with Gasteiger partial charge in [-0.15, -0.1) is 0 Å². The molecule has 0 spiro atoms. The molecule has 0 saturated carbocycles. The van der Waals surface area contributed by atoms with E-state index >= 15 is 0 Å². The van der Waals surface area contributed by atoms with Crippen LogP contribution in [0.5, 0.6) is 0 Å². The fourth-order valence-electron chi connectivity index (χ4n) is 4.33. The third kappa shape index (κ3) is 5.10. The maximum absolute atomic E-state index is 12.6. The molecule has 2 aromatic rings. The average molecular weight is 392 g/mol. The number of amides is 1. The molecule has 5 heteroatoms. The fraction of sp³-hybridized carbons (Fsp3) is 0.458. The number of piperazine rings is 1. The number of rotatable bonds is 6. The quantitative estimate of drug-likeness (QED) is 0.709. The predicted molar refractivity (Wildman–Crippen MR) is 113 cm³/mol. The molecule has 1 amide bonds. The highest BCUT2D eigenvalue weighted by atomic mass is 16.2. The van der Waals surface area contributed by atoms with Crippen molar-refractivity contribution in [2.45, 2.75) is 45.1 Å². The van der Waals surface area contributed by atoms with E-state index in [9.17, 15) is 9.59 Å². The molecule has 2 aliphatic rings. The molecule has 1 saturated heterocycles. The van der Waals surface area contributed by atoms with E-state index in [0.717, 1.165) is 51.1 Å². The lowest BCUT2D eigenvalue weighted by atomic mass is 9.89. The number of carbonyl (C=O) groups excluding carboxylic acids is 2. The van der Waals surface area contributed by atoms with Gasteiger partial charge >= 0.3 is 0 Å². The molecule has 1 aromatic heterocycles. The normalized spacial score (nSPS) is 17.0. The lowest BCUT2D eigenvalue weighted by Gasteiger charge is -2.34. The third-order valence-electron chi connectivity index (χ3n) is 6.12. The van der Waals surface area contributed by atoms with E-state index in [-0.39, 0.29) is 11.7 Å². The van der Waals surface area contributed by atoms with Gasteiger partial charge in [-0.05, 0) is 60.6 Å². The van der Waals surface area contributed by atoms with Crippen molar-refractivity contribution in [3.63, 3.8) is 0 Å². The summed E-state index contributed by atoms with van der Waals surface area (Å²) >= 11 is 0. The minimum Gasteiger partial charge on any atom is -0.340 e. The molecule has 29 heavy (non-hydrogen) atoms. The summed E-state index contributed by atoms with van der Waals surface area (Å²) in [5.74, 6) is 0.183. The number of Topliss-reactive ketones (excluding diaryl/α,β-unsaturated/α-hetero) is 1. The average Bonchev–Trinajstić information content (AvgIpc) is 2.78. The molecule has 4 rings (SSSR count). The summed E-state index contributed by atoms with van der Waals surface area (Å²) in [6.45, 7) is 4.09. The lowest BCUT2D eigenvalue weighted by molar-refractivity contribution is -0.132. The zero-order chi connectivity index (χ0) is 20.1. The summed E-state index contributed by atoms with van der Waals surface area (Å²) < 4.78 is 0. The first-order valence-electron chi connectivity index (χ1n) is 10.7. The van der Waals surface area contributed by atoms with Crippen molar-refractivity contribution in [1.82, 2.24) is 14.8 Å². The Balaban J connectivity index is 1.23. The molecule has 1 fully saturated rings. The largest absolute Gasteiger partial charge is 0.340 e. The number of aryl methyl sites for hydroxylation is 2. The number of fused-ring (bicyclic) bond motifs is 1. The number of carbonyl (C=O) groups is 2. The Kier molecular flexibility index (Phi) is 6.35. The van der Waals surface area contributed by atoms with Gasteiger partial charge in [0.05, 0.1) is 0 Å². The second-order valence-corrected chi connectivity index (χ2v) is 8.13. The molecule has 0 unspecified atom stereocenters. The molecule has 0 atom stereocenters. The topological polar surface area (TPSA) is 53.5 Å². The van der Waals surface area contributed by atoms with Crippen LogP contribution in [0.2, 0.25) is 0 Å². The summed E-state index contributed by atoms with van der Waals surface area (Å²) in [6, 6.07) is 10.2. The first-order valence-corrected chi connectivity index (χ1v) is 10.7. The number of pyridine rings is 1. The van der Waals surface area contributed by atoms with Crippen molar-refractivity contribution < 1.29 is 9.59 Å². The Labute approximate surface area is 172 Å². The van der Waals surface area contributed by atoms with Gasteiger partial charge in [0.1, 0.15) is 0 Å². The second-order valence-electron chi connectivity index (χ2n) is 8.13. The van der Waals surface area contributed by atoms with Crippen molar-refractivity contribution in [2.75, 3.05) is 26.2 Å². The van der Waals surface area contributed by atoms with Crippen molar-refractivity contribution in [3.8, 4) is 0 Å². The number of hydrogen-bond acceptors (Lipinski definition) is 4. The predicted octanol–water partition coefficient (Wildman–Crippen LogP) is 3.27. The molecular formula is C24H29N3O2. The monoisotopic (exact) mass is 391 g/mol. The van der Waals surface area contributed by atoms with E-state index in [2.05, 4.69) is 22.0 Å². The molecule has 0 radical (unpaired) electrons. The van der Waals surface area contributed by atoms with Crippen LogP contribution in [0, 0.1) is 0 Å². The summed E-state index contributed by atoms with van der Waals surface area (Å²) in [7, 11) is 0. The summed E-state index contributed by atoms with van der Waals surface area (Å²) in [5.41, 5.74) is 4.71. The van der Waals surface area contributed by atoms with Gasteiger partial charge in [0.2, 0.25) is 5.91 Å². The lowest BCUT2D eigenvalue weighted by Crippen LogP contribution is -2.48. The fourth-order valence-corrected chi connectivity index (χ4v) is 4.33. The SMILES string of the molecule is O=C(CCC(=O)N1CCN(Cc2ccncc2)CC1)c1ccc2c(c1)CCCC2. The van der Waals surface area contributed by atoms with Gasteiger partial charge in [0.25, 0.3) is 0 Å². The first-order chi connectivity index (χ1) is 14.2. The van der Waals surface area contributed by atoms with Gasteiger partial charge in [-0.3, -0.25) is 19.5 Å². The van der Waals surface area contributed by atoms with Crippen molar-refractivity contribution in [2.24, 2.45) is 0 Å². The van der Waals surface area contributed by atoms with Crippen molar-refractivity contribution >= 4 is 11.7 Å². The summed E-state index contributed by atoms with van der Waals surface area (Å²) in [4.78, 5) is 33.5. The zero-order valence-corrected chi connectivity index (χ0v) is 17.0. The standard InChI is InChI=1S/C24H29N3O2/c28-23(22-6-5-20-3-1-2-4-21(20)17-22)7-8-24(29)27-15-13-26(14-16-27)18-19-9-11-25-12-10-19/h5-6,9-12,17H,1-4,7-8,13-16,18H2. The molecule has 1 aliphatic heterocycles. The maximum atomic E-state index is 12.6. The molecule has 1 aromatic carbocycles. The number of ketones is 1. The van der Waals surface area contributed by atoms with Crippen LogP contribution in [0.4, 0.5) is 0 Å². The molecule has 1 aliphatic carbocycles. The van der Waals surface area contributed by atoms with Gasteiger partial charge in [0.15, 0.2) is 5.78 Å². The number of hydrogen-bond donors (Lipinski definition) is 0. The Hall–Kier alpha value is -2.53. The molecule has 152 valence electrons. The van der Waals surface area contributed by atoms with E-state index in [1.54, 1.807) is 0 Å². The highest BCUT2D eigenvalue weighted by molar-refractivity contribution is 5.98. The van der Waals surface area contributed by atoms with E-state index in [4.69, 9.17) is 0 Å². The third-order valence-corrected chi connectivity index (χ3v) is 6.12. The molecule has 0 N–H and O–H groups in total. The van der Waals surface area contributed by atoms with Gasteiger partial charge in [-0.25, -0.2) is 0 Å². The van der Waals surface area contributed by atoms with E-state index in [0.29, 0.717) is 12.8 Å². The van der Waals surface area contributed by atoms with Gasteiger partial charge < -0.3 is 4.90 Å². The Morgan fingerprint density at radius 1 is 0.862 bits per heavy atom. The summed E-state index contributed by atoms with van der Waals surface area (Å²) in [6.07, 6.45) is 8.87. The van der Waals surface area contributed by atoms with Crippen LogP contribution in [0.1, 0.15) is 52.7 Å². The molecular weight excluding hydrogens is 362 g/mol. The molecule has 2 heterocycles. The van der Waals surface area contributed by atoms with Crippen LogP contribution in [-0.2, 0) is 24.2 Å². The van der Waals surface area contributed by atoms with Gasteiger partial charge in [0, 0.05) is 63.5 Å². The zero-order valence-electron chi connectivity index (χ0n) is 17.0. The second kappa shape index (κ2) is 9.31. The Morgan fingerprint density at radius 3 is 2.34 bits per heavy atom. The van der Waals surface area contributed by atoms with Crippen LogP contribution in [0.3, 0.4) is 0 Å². The molecule has 0 bridgehead atoms. The van der Waals surface area contributed by atoms with Gasteiger partial charge in [-0.2, -0.15) is 0 Å². The smallest absolute Gasteiger partial charge is 0.223 e. The van der Waals surface area contributed by atoms with Crippen LogP contribution in [0.15, 0.2) is 42.7 Å². The van der Waals surface area contributed by atoms with E-state index in [1.807, 2.05) is 35.5 Å². The van der Waals surface area contributed by atoms with Crippen LogP contribution in [-0.4, -0.2) is 52.7 Å².